The van der Waals surface area contributed by atoms with Crippen LogP contribution in [0.4, 0.5) is 13.2 Å². The first-order valence-electron chi connectivity index (χ1n) is 3.93. The molecule has 0 saturated carbocycles. The summed E-state index contributed by atoms with van der Waals surface area (Å²) in [5.74, 6) is 0. The standard InChI is InChI=1S/C9H9F3OS/c10-9(11,12)14-8(6-13)7-4-2-1-3-5-7/h1-5,8,13H,6H2/t8-/m1/s1. The second-order valence-electron chi connectivity index (χ2n) is 2.65. The van der Waals surface area contributed by atoms with Crippen molar-refractivity contribution in [3.63, 3.8) is 0 Å². The Hall–Kier alpha value is -0.680. The average Bonchev–Trinajstić information content (AvgIpc) is 2.14. The SMILES string of the molecule is OC[C@@H](SC(F)(F)F)c1ccccc1. The van der Waals surface area contributed by atoms with Gasteiger partial charge in [0.1, 0.15) is 0 Å². The minimum Gasteiger partial charge on any atom is -0.395 e. The first kappa shape index (κ1) is 11.4. The summed E-state index contributed by atoms with van der Waals surface area (Å²) in [6, 6.07) is 8.15. The third kappa shape index (κ3) is 3.59. The fourth-order valence-electron chi connectivity index (χ4n) is 1.04. The summed E-state index contributed by atoms with van der Waals surface area (Å²) in [4.78, 5) is 0. The molecule has 1 nitrogen and oxygen atoms in total. The van der Waals surface area contributed by atoms with Gasteiger partial charge >= 0.3 is 5.51 Å². The van der Waals surface area contributed by atoms with Gasteiger partial charge in [-0.15, -0.1) is 0 Å². The molecule has 0 aromatic heterocycles. The van der Waals surface area contributed by atoms with Crippen molar-refractivity contribution in [1.29, 1.82) is 0 Å². The summed E-state index contributed by atoms with van der Waals surface area (Å²) in [5, 5.41) is 7.89. The van der Waals surface area contributed by atoms with Crippen molar-refractivity contribution in [3.8, 4) is 0 Å². The average molecular weight is 222 g/mol. The number of benzene rings is 1. The van der Waals surface area contributed by atoms with Crippen molar-refractivity contribution in [2.75, 3.05) is 6.61 Å². The Balaban J connectivity index is 2.73. The molecule has 14 heavy (non-hydrogen) atoms. The van der Waals surface area contributed by atoms with Crippen molar-refractivity contribution in [2.45, 2.75) is 10.8 Å². The maximum Gasteiger partial charge on any atom is 0.442 e. The van der Waals surface area contributed by atoms with Gasteiger partial charge in [0.05, 0.1) is 11.9 Å². The summed E-state index contributed by atoms with van der Waals surface area (Å²) in [6.45, 7) is -0.520. The topological polar surface area (TPSA) is 20.2 Å². The van der Waals surface area contributed by atoms with Gasteiger partial charge in [-0.25, -0.2) is 0 Å². The van der Waals surface area contributed by atoms with E-state index in [2.05, 4.69) is 0 Å². The maximum atomic E-state index is 12.0. The van der Waals surface area contributed by atoms with E-state index in [-0.39, 0.29) is 11.8 Å². The molecule has 0 unspecified atom stereocenters. The first-order valence-corrected chi connectivity index (χ1v) is 4.81. The molecule has 0 radical (unpaired) electrons. The van der Waals surface area contributed by atoms with E-state index in [0.717, 1.165) is 0 Å². The number of hydrogen-bond donors (Lipinski definition) is 1. The Morgan fingerprint density at radius 2 is 1.79 bits per heavy atom. The molecule has 0 aliphatic heterocycles. The highest BCUT2D eigenvalue weighted by Gasteiger charge is 2.33. The highest BCUT2D eigenvalue weighted by molar-refractivity contribution is 8.00. The van der Waals surface area contributed by atoms with Crippen LogP contribution in [0.5, 0.6) is 0 Å². The van der Waals surface area contributed by atoms with Crippen LogP contribution >= 0.6 is 11.8 Å². The molecule has 1 rings (SSSR count). The zero-order chi connectivity index (χ0) is 10.6. The number of aliphatic hydroxyl groups is 1. The molecule has 0 spiro atoms. The van der Waals surface area contributed by atoms with E-state index >= 15 is 0 Å². The fourth-order valence-corrected chi connectivity index (χ4v) is 1.73. The molecule has 0 aliphatic rings. The molecule has 0 amide bonds. The van der Waals surface area contributed by atoms with E-state index < -0.39 is 17.4 Å². The van der Waals surface area contributed by atoms with Crippen molar-refractivity contribution >= 4 is 11.8 Å². The lowest BCUT2D eigenvalue weighted by Gasteiger charge is -2.15. The van der Waals surface area contributed by atoms with Crippen LogP contribution in [0, 0.1) is 0 Å². The zero-order valence-corrected chi connectivity index (χ0v) is 7.98. The van der Waals surface area contributed by atoms with E-state index in [1.165, 1.54) is 0 Å². The van der Waals surface area contributed by atoms with Crippen LogP contribution in [0.3, 0.4) is 0 Å². The largest absolute Gasteiger partial charge is 0.442 e. The third-order valence-corrected chi connectivity index (χ3v) is 2.59. The minimum absolute atomic E-state index is 0.195. The molecule has 0 aliphatic carbocycles. The molecule has 0 bridgehead atoms. The van der Waals surface area contributed by atoms with Gasteiger partial charge in [-0.2, -0.15) is 13.2 Å². The van der Waals surface area contributed by atoms with Crippen LogP contribution in [0.25, 0.3) is 0 Å². The molecule has 78 valence electrons. The zero-order valence-electron chi connectivity index (χ0n) is 7.16. The number of thioether (sulfide) groups is 1. The Kier molecular flexibility index (Phi) is 3.83. The number of alkyl halides is 3. The van der Waals surface area contributed by atoms with Crippen LogP contribution in [-0.2, 0) is 0 Å². The smallest absolute Gasteiger partial charge is 0.395 e. The van der Waals surface area contributed by atoms with Crippen LogP contribution < -0.4 is 0 Å². The van der Waals surface area contributed by atoms with Crippen molar-refractivity contribution < 1.29 is 18.3 Å². The second kappa shape index (κ2) is 4.70. The third-order valence-electron chi connectivity index (χ3n) is 1.61. The second-order valence-corrected chi connectivity index (χ2v) is 3.91. The Labute approximate surface area is 83.9 Å². The fraction of sp³-hybridized carbons (Fsp3) is 0.333. The lowest BCUT2D eigenvalue weighted by atomic mass is 10.2. The number of halogens is 3. The molecule has 0 saturated heterocycles. The van der Waals surface area contributed by atoms with E-state index in [1.54, 1.807) is 30.3 Å². The normalized spacial score (nSPS) is 14.0. The number of aliphatic hydroxyl groups excluding tert-OH is 1. The van der Waals surface area contributed by atoms with Gasteiger partial charge in [-0.05, 0) is 17.3 Å². The summed E-state index contributed by atoms with van der Waals surface area (Å²) in [7, 11) is 0. The molecule has 1 atom stereocenters. The highest BCUT2D eigenvalue weighted by Crippen LogP contribution is 2.41. The lowest BCUT2D eigenvalue weighted by molar-refractivity contribution is -0.0337. The van der Waals surface area contributed by atoms with Crippen molar-refractivity contribution in [3.05, 3.63) is 35.9 Å². The van der Waals surface area contributed by atoms with Gasteiger partial charge in [0, 0.05) is 0 Å². The van der Waals surface area contributed by atoms with Gasteiger partial charge in [-0.3, -0.25) is 0 Å². The number of rotatable bonds is 3. The van der Waals surface area contributed by atoms with Crippen LogP contribution in [0.15, 0.2) is 30.3 Å². The highest BCUT2D eigenvalue weighted by atomic mass is 32.2. The summed E-state index contributed by atoms with van der Waals surface area (Å²) in [6.07, 6.45) is 0. The van der Waals surface area contributed by atoms with Crippen molar-refractivity contribution in [2.24, 2.45) is 0 Å². The van der Waals surface area contributed by atoms with E-state index in [4.69, 9.17) is 5.11 Å². The summed E-state index contributed by atoms with van der Waals surface area (Å²) < 4.78 is 36.1. The predicted octanol–water partition coefficient (Wildman–Crippen LogP) is 2.97. The quantitative estimate of drug-likeness (QED) is 0.848. The monoisotopic (exact) mass is 222 g/mol. The Morgan fingerprint density at radius 1 is 1.21 bits per heavy atom. The van der Waals surface area contributed by atoms with Crippen molar-refractivity contribution in [1.82, 2.24) is 0 Å². The van der Waals surface area contributed by atoms with Gasteiger partial charge in [0.15, 0.2) is 0 Å². The van der Waals surface area contributed by atoms with Crippen LogP contribution in [0.2, 0.25) is 0 Å². The molecule has 1 aromatic carbocycles. The molecule has 1 aromatic rings. The van der Waals surface area contributed by atoms with Crippen LogP contribution in [-0.4, -0.2) is 17.2 Å². The van der Waals surface area contributed by atoms with Gasteiger partial charge in [0.25, 0.3) is 0 Å². The van der Waals surface area contributed by atoms with Gasteiger partial charge in [-0.1, -0.05) is 30.3 Å². The molecule has 5 heteroatoms. The first-order chi connectivity index (χ1) is 6.53. The molecule has 0 heterocycles. The predicted molar refractivity (Wildman–Crippen MR) is 49.9 cm³/mol. The molecular weight excluding hydrogens is 213 g/mol. The van der Waals surface area contributed by atoms with Crippen LogP contribution in [0.1, 0.15) is 10.8 Å². The Morgan fingerprint density at radius 3 is 2.21 bits per heavy atom. The van der Waals surface area contributed by atoms with E-state index in [0.29, 0.717) is 5.56 Å². The summed E-state index contributed by atoms with van der Waals surface area (Å²) in [5.41, 5.74) is -3.83. The van der Waals surface area contributed by atoms with E-state index in [9.17, 15) is 13.2 Å². The number of hydrogen-bond acceptors (Lipinski definition) is 2. The molecule has 0 fully saturated rings. The molecule has 1 N–H and O–H groups in total. The molecular formula is C9H9F3OS. The Bertz CT molecular complexity index is 273. The van der Waals surface area contributed by atoms with Gasteiger partial charge < -0.3 is 5.11 Å². The maximum absolute atomic E-state index is 12.0. The van der Waals surface area contributed by atoms with Gasteiger partial charge in [0.2, 0.25) is 0 Å². The van der Waals surface area contributed by atoms with E-state index in [1.807, 2.05) is 0 Å². The summed E-state index contributed by atoms with van der Waals surface area (Å²) >= 11 is -0.195. The minimum atomic E-state index is -4.32. The lowest BCUT2D eigenvalue weighted by Crippen LogP contribution is -2.09.